The Morgan fingerprint density at radius 3 is 2.61 bits per heavy atom. The van der Waals surface area contributed by atoms with Crippen LogP contribution in [0.4, 0.5) is 4.39 Å². The summed E-state index contributed by atoms with van der Waals surface area (Å²) in [6.07, 6.45) is 1.12. The second-order valence-corrected chi connectivity index (χ2v) is 9.41. The number of piperidine rings is 1. The van der Waals surface area contributed by atoms with Gasteiger partial charge in [0.05, 0.1) is 20.1 Å². The van der Waals surface area contributed by atoms with Gasteiger partial charge in [-0.2, -0.15) is 4.31 Å². The van der Waals surface area contributed by atoms with E-state index < -0.39 is 15.9 Å². The first-order valence-electron chi connectivity index (χ1n) is 9.98. The Hall–Kier alpha value is -2.65. The number of carbonyl (C=O) groups is 1. The molecule has 0 N–H and O–H groups in total. The summed E-state index contributed by atoms with van der Waals surface area (Å²) in [5, 5.41) is 0. The maximum atomic E-state index is 13.9. The van der Waals surface area contributed by atoms with Crippen molar-refractivity contribution in [2.24, 2.45) is 5.92 Å². The summed E-state index contributed by atoms with van der Waals surface area (Å²) in [6.45, 7) is 0.491. The van der Waals surface area contributed by atoms with Gasteiger partial charge in [-0.3, -0.25) is 4.79 Å². The molecule has 0 radical (unpaired) electrons. The lowest BCUT2D eigenvalue weighted by Crippen LogP contribution is -2.45. The van der Waals surface area contributed by atoms with E-state index in [4.69, 9.17) is 9.47 Å². The highest BCUT2D eigenvalue weighted by Gasteiger charge is 2.36. The highest BCUT2D eigenvalue weighted by molar-refractivity contribution is 7.89. The molecule has 2 aromatic carbocycles. The van der Waals surface area contributed by atoms with Gasteiger partial charge in [0.1, 0.15) is 22.2 Å². The van der Waals surface area contributed by atoms with Gasteiger partial charge in [-0.15, -0.1) is 0 Å². The lowest BCUT2D eigenvalue weighted by molar-refractivity contribution is -0.135. The Bertz CT molecular complexity index is 1040. The molecule has 0 aliphatic carbocycles. The normalized spacial score (nSPS) is 17.2. The van der Waals surface area contributed by atoms with Crippen LogP contribution < -0.4 is 9.47 Å². The summed E-state index contributed by atoms with van der Waals surface area (Å²) in [4.78, 5) is 14.4. The highest BCUT2D eigenvalue weighted by Crippen LogP contribution is 2.33. The zero-order valence-electron chi connectivity index (χ0n) is 17.9. The number of benzene rings is 2. The van der Waals surface area contributed by atoms with Gasteiger partial charge in [-0.05, 0) is 31.0 Å². The fraction of sp³-hybridized carbons (Fsp3) is 0.409. The van der Waals surface area contributed by atoms with Crippen molar-refractivity contribution in [3.05, 3.63) is 53.8 Å². The van der Waals surface area contributed by atoms with Crippen molar-refractivity contribution in [2.45, 2.75) is 24.3 Å². The number of methoxy groups -OCH3 is 2. The molecule has 1 aliphatic rings. The van der Waals surface area contributed by atoms with E-state index in [1.165, 1.54) is 35.6 Å². The number of rotatable bonds is 7. The van der Waals surface area contributed by atoms with Crippen molar-refractivity contribution in [1.29, 1.82) is 0 Å². The van der Waals surface area contributed by atoms with Gasteiger partial charge in [0, 0.05) is 38.3 Å². The summed E-state index contributed by atoms with van der Waals surface area (Å²) >= 11 is 0. The van der Waals surface area contributed by atoms with Crippen LogP contribution >= 0.6 is 0 Å². The standard InChI is InChI=1S/C22H27FN2O5S/c1-24(14-16-7-4-5-9-19(16)23)22(26)17-8-6-12-25(15-17)31(27,28)21-13-18(29-2)10-11-20(21)30-3/h4-5,7,9-11,13,17H,6,8,12,14-15H2,1-3H3/t17-/m0/s1. The average molecular weight is 451 g/mol. The molecule has 0 spiro atoms. The molecular formula is C22H27FN2O5S. The van der Waals surface area contributed by atoms with Crippen molar-refractivity contribution in [3.63, 3.8) is 0 Å². The van der Waals surface area contributed by atoms with E-state index in [1.54, 1.807) is 37.4 Å². The number of sulfonamides is 1. The van der Waals surface area contributed by atoms with E-state index in [0.29, 0.717) is 30.7 Å². The topological polar surface area (TPSA) is 76.1 Å². The van der Waals surface area contributed by atoms with Crippen LogP contribution in [0.5, 0.6) is 11.5 Å². The molecule has 1 amide bonds. The van der Waals surface area contributed by atoms with E-state index in [1.807, 2.05) is 0 Å². The number of nitrogens with zero attached hydrogens (tertiary/aromatic N) is 2. The van der Waals surface area contributed by atoms with Crippen LogP contribution in [0.2, 0.25) is 0 Å². The Morgan fingerprint density at radius 1 is 1.19 bits per heavy atom. The third kappa shape index (κ3) is 4.99. The minimum atomic E-state index is -3.90. The van der Waals surface area contributed by atoms with Gasteiger partial charge < -0.3 is 14.4 Å². The largest absolute Gasteiger partial charge is 0.497 e. The minimum absolute atomic E-state index is 0.00200. The summed E-state index contributed by atoms with van der Waals surface area (Å²) in [7, 11) is 0.568. The molecule has 3 rings (SSSR count). The number of hydrogen-bond acceptors (Lipinski definition) is 5. The number of halogens is 1. The molecule has 0 aromatic heterocycles. The van der Waals surface area contributed by atoms with Gasteiger partial charge in [0.2, 0.25) is 15.9 Å². The zero-order chi connectivity index (χ0) is 22.6. The molecule has 0 bridgehead atoms. The molecule has 31 heavy (non-hydrogen) atoms. The van der Waals surface area contributed by atoms with Gasteiger partial charge in [0.25, 0.3) is 0 Å². The fourth-order valence-electron chi connectivity index (χ4n) is 3.76. The van der Waals surface area contributed by atoms with Gasteiger partial charge in [0.15, 0.2) is 0 Å². The lowest BCUT2D eigenvalue weighted by atomic mass is 9.98. The second kappa shape index (κ2) is 9.65. The Kier molecular flexibility index (Phi) is 7.17. The summed E-state index contributed by atoms with van der Waals surface area (Å²) in [6, 6.07) is 10.9. The maximum Gasteiger partial charge on any atom is 0.246 e. The van der Waals surface area contributed by atoms with E-state index in [-0.39, 0.29) is 35.5 Å². The molecule has 2 aromatic rings. The average Bonchev–Trinajstić information content (AvgIpc) is 2.79. The molecule has 9 heteroatoms. The SMILES string of the molecule is COc1ccc(OC)c(S(=O)(=O)N2CCC[C@H](C(=O)N(C)Cc3ccccc3F)C2)c1. The molecule has 168 valence electrons. The van der Waals surface area contributed by atoms with Crippen molar-refractivity contribution in [1.82, 2.24) is 9.21 Å². The summed E-state index contributed by atoms with van der Waals surface area (Å²) in [5.41, 5.74) is 0.416. The van der Waals surface area contributed by atoms with Crippen molar-refractivity contribution < 1.29 is 27.1 Å². The monoisotopic (exact) mass is 450 g/mol. The van der Waals surface area contributed by atoms with Crippen LogP contribution in [0.25, 0.3) is 0 Å². The third-order valence-corrected chi connectivity index (χ3v) is 7.35. The fourth-order valence-corrected chi connectivity index (χ4v) is 5.45. The van der Waals surface area contributed by atoms with Crippen LogP contribution in [0.1, 0.15) is 18.4 Å². The number of ether oxygens (including phenoxy) is 2. The quantitative estimate of drug-likeness (QED) is 0.648. The van der Waals surface area contributed by atoms with Gasteiger partial charge in [-0.25, -0.2) is 12.8 Å². The van der Waals surface area contributed by atoms with Gasteiger partial charge >= 0.3 is 0 Å². The highest BCUT2D eigenvalue weighted by atomic mass is 32.2. The Balaban J connectivity index is 1.78. The molecule has 0 saturated carbocycles. The van der Waals surface area contributed by atoms with Crippen LogP contribution in [0, 0.1) is 11.7 Å². The molecule has 0 unspecified atom stereocenters. The number of carbonyl (C=O) groups excluding carboxylic acids is 1. The first kappa shape index (κ1) is 23.0. The van der Waals surface area contributed by atoms with Gasteiger partial charge in [-0.1, -0.05) is 18.2 Å². The molecule has 1 atom stereocenters. The van der Waals surface area contributed by atoms with Crippen molar-refractivity contribution >= 4 is 15.9 Å². The number of amides is 1. The predicted molar refractivity (Wildman–Crippen MR) is 114 cm³/mol. The van der Waals surface area contributed by atoms with Crippen LogP contribution in [0.3, 0.4) is 0 Å². The Labute approximate surface area is 182 Å². The van der Waals surface area contributed by atoms with Crippen molar-refractivity contribution in [3.8, 4) is 11.5 Å². The third-order valence-electron chi connectivity index (χ3n) is 5.46. The molecule has 7 nitrogen and oxygen atoms in total. The molecule has 1 fully saturated rings. The Morgan fingerprint density at radius 2 is 1.94 bits per heavy atom. The molecule has 1 heterocycles. The molecular weight excluding hydrogens is 423 g/mol. The number of hydrogen-bond donors (Lipinski definition) is 0. The van der Waals surface area contributed by atoms with Crippen LogP contribution in [-0.2, 0) is 21.4 Å². The summed E-state index contributed by atoms with van der Waals surface area (Å²) < 4.78 is 52.3. The first-order valence-corrected chi connectivity index (χ1v) is 11.4. The first-order chi connectivity index (χ1) is 14.8. The van der Waals surface area contributed by atoms with E-state index >= 15 is 0 Å². The van der Waals surface area contributed by atoms with Crippen LogP contribution in [-0.4, -0.2) is 57.9 Å². The smallest absolute Gasteiger partial charge is 0.246 e. The van der Waals surface area contributed by atoms with Crippen molar-refractivity contribution in [2.75, 3.05) is 34.4 Å². The predicted octanol–water partition coefficient (Wildman–Crippen LogP) is 2.90. The van der Waals surface area contributed by atoms with Crippen LogP contribution in [0.15, 0.2) is 47.4 Å². The molecule has 1 saturated heterocycles. The van der Waals surface area contributed by atoms with E-state index in [0.717, 1.165) is 0 Å². The minimum Gasteiger partial charge on any atom is -0.497 e. The van der Waals surface area contributed by atoms with E-state index in [2.05, 4.69) is 0 Å². The summed E-state index contributed by atoms with van der Waals surface area (Å²) in [5.74, 6) is -0.475. The lowest BCUT2D eigenvalue weighted by Gasteiger charge is -2.33. The zero-order valence-corrected chi connectivity index (χ0v) is 18.7. The molecule has 1 aliphatic heterocycles. The second-order valence-electron chi connectivity index (χ2n) is 7.50. The maximum absolute atomic E-state index is 13.9. The van der Waals surface area contributed by atoms with E-state index in [9.17, 15) is 17.6 Å².